The highest BCUT2D eigenvalue weighted by atomic mass is 16.4. The van der Waals surface area contributed by atoms with Gasteiger partial charge in [0.1, 0.15) is 12.3 Å². The van der Waals surface area contributed by atoms with Crippen LogP contribution in [0.1, 0.15) is 55.2 Å². The molecular weight excluding hydrogens is 312 g/mol. The van der Waals surface area contributed by atoms with Crippen LogP contribution in [0.15, 0.2) is 16.5 Å². The zero-order valence-corrected chi connectivity index (χ0v) is 14.4. The van der Waals surface area contributed by atoms with Gasteiger partial charge in [-0.1, -0.05) is 27.7 Å². The van der Waals surface area contributed by atoms with Crippen LogP contribution < -0.4 is 10.6 Å². The van der Waals surface area contributed by atoms with E-state index in [-0.39, 0.29) is 23.4 Å². The van der Waals surface area contributed by atoms with Crippen LogP contribution in [0, 0.1) is 11.8 Å². The number of nitrogens with one attached hydrogen (secondary N) is 2. The quantitative estimate of drug-likeness (QED) is 0.666. The van der Waals surface area contributed by atoms with E-state index < -0.39 is 23.9 Å². The summed E-state index contributed by atoms with van der Waals surface area (Å²) in [6, 6.07) is 1.32. The van der Waals surface area contributed by atoms with E-state index in [2.05, 4.69) is 10.6 Å². The molecule has 1 aromatic heterocycles. The standard InChI is InChI=1S/C17H24N2O5/c1-10(2)7-12(8-20)18-17(23)15(11(3)4)19-16(22)14-6-5-13(9-21)24-14/h5-6,8-12,15H,7H2,1-4H3,(H,18,23)(H,19,22)/t12-,15-/m0/s1. The number of rotatable bonds is 9. The largest absolute Gasteiger partial charge is 0.448 e. The van der Waals surface area contributed by atoms with Crippen LogP contribution in [0.3, 0.4) is 0 Å². The SMILES string of the molecule is CC(C)C[C@@H](C=O)NC(=O)[C@@H](NC(=O)c1ccc(C=O)o1)C(C)C. The number of carbonyl (C=O) groups is 4. The smallest absolute Gasteiger partial charge is 0.287 e. The number of furan rings is 1. The summed E-state index contributed by atoms with van der Waals surface area (Å²) in [6.07, 6.45) is 1.71. The van der Waals surface area contributed by atoms with Gasteiger partial charge in [0, 0.05) is 0 Å². The van der Waals surface area contributed by atoms with E-state index in [1.165, 1.54) is 12.1 Å². The average Bonchev–Trinajstić information content (AvgIpc) is 2.99. The third kappa shape index (κ3) is 5.64. The van der Waals surface area contributed by atoms with Gasteiger partial charge >= 0.3 is 0 Å². The molecule has 0 aliphatic heterocycles. The Morgan fingerprint density at radius 2 is 1.79 bits per heavy atom. The van der Waals surface area contributed by atoms with Crippen molar-refractivity contribution in [1.29, 1.82) is 0 Å². The maximum absolute atomic E-state index is 12.4. The molecule has 24 heavy (non-hydrogen) atoms. The number of carbonyl (C=O) groups excluding carboxylic acids is 4. The minimum absolute atomic E-state index is 0.0312. The second-order valence-corrected chi connectivity index (χ2v) is 6.40. The van der Waals surface area contributed by atoms with Crippen molar-refractivity contribution in [2.45, 2.75) is 46.2 Å². The molecule has 1 rings (SSSR count). The van der Waals surface area contributed by atoms with Crippen LogP contribution in [-0.2, 0) is 9.59 Å². The number of hydrogen-bond donors (Lipinski definition) is 2. The van der Waals surface area contributed by atoms with E-state index in [1.807, 2.05) is 13.8 Å². The van der Waals surface area contributed by atoms with Crippen LogP contribution in [0.4, 0.5) is 0 Å². The lowest BCUT2D eigenvalue weighted by atomic mass is 10.0. The molecule has 0 spiro atoms. The third-order valence-corrected chi connectivity index (χ3v) is 3.42. The molecule has 7 nitrogen and oxygen atoms in total. The fourth-order valence-electron chi connectivity index (χ4n) is 2.21. The summed E-state index contributed by atoms with van der Waals surface area (Å²) < 4.78 is 5.04. The van der Waals surface area contributed by atoms with Crippen molar-refractivity contribution in [2.75, 3.05) is 0 Å². The van der Waals surface area contributed by atoms with Crippen molar-refractivity contribution in [1.82, 2.24) is 10.6 Å². The van der Waals surface area contributed by atoms with Gasteiger partial charge in [-0.2, -0.15) is 0 Å². The van der Waals surface area contributed by atoms with Gasteiger partial charge in [-0.05, 0) is 30.4 Å². The first-order chi connectivity index (χ1) is 11.3. The van der Waals surface area contributed by atoms with E-state index in [4.69, 9.17) is 4.42 Å². The first kappa shape index (κ1) is 19.6. The molecule has 0 aliphatic carbocycles. The average molecular weight is 336 g/mol. The second-order valence-electron chi connectivity index (χ2n) is 6.40. The Labute approximate surface area is 141 Å². The Bertz CT molecular complexity index is 592. The van der Waals surface area contributed by atoms with Crippen molar-refractivity contribution < 1.29 is 23.6 Å². The maximum Gasteiger partial charge on any atom is 0.287 e. The summed E-state index contributed by atoms with van der Waals surface area (Å²) in [4.78, 5) is 46.2. The third-order valence-electron chi connectivity index (χ3n) is 3.42. The monoisotopic (exact) mass is 336 g/mol. The van der Waals surface area contributed by atoms with Gasteiger partial charge in [-0.3, -0.25) is 14.4 Å². The van der Waals surface area contributed by atoms with E-state index in [0.717, 1.165) is 0 Å². The van der Waals surface area contributed by atoms with E-state index in [0.29, 0.717) is 19.0 Å². The zero-order valence-electron chi connectivity index (χ0n) is 14.4. The highest BCUT2D eigenvalue weighted by Crippen LogP contribution is 2.09. The number of hydrogen-bond acceptors (Lipinski definition) is 5. The molecular formula is C17H24N2O5. The molecule has 0 fully saturated rings. The Hall–Kier alpha value is -2.44. The van der Waals surface area contributed by atoms with Crippen LogP contribution in [-0.4, -0.2) is 36.5 Å². The van der Waals surface area contributed by atoms with Crippen LogP contribution >= 0.6 is 0 Å². The highest BCUT2D eigenvalue weighted by molar-refractivity contribution is 5.96. The molecule has 0 radical (unpaired) electrons. The zero-order chi connectivity index (χ0) is 18.3. The van der Waals surface area contributed by atoms with Crippen molar-refractivity contribution in [3.05, 3.63) is 23.7 Å². The lowest BCUT2D eigenvalue weighted by molar-refractivity contribution is -0.126. The molecule has 0 saturated carbocycles. The highest BCUT2D eigenvalue weighted by Gasteiger charge is 2.27. The fraction of sp³-hybridized carbons (Fsp3) is 0.529. The van der Waals surface area contributed by atoms with Crippen molar-refractivity contribution >= 4 is 24.4 Å². The summed E-state index contributed by atoms with van der Waals surface area (Å²) in [5.74, 6) is -0.992. The minimum atomic E-state index is -0.822. The summed E-state index contributed by atoms with van der Waals surface area (Å²) in [5.41, 5.74) is 0. The first-order valence-corrected chi connectivity index (χ1v) is 7.90. The topological polar surface area (TPSA) is 105 Å². The Balaban J connectivity index is 2.78. The molecule has 2 atom stereocenters. The molecule has 0 aliphatic rings. The molecule has 0 unspecified atom stereocenters. The summed E-state index contributed by atoms with van der Waals surface area (Å²) >= 11 is 0. The molecule has 2 amide bonds. The van der Waals surface area contributed by atoms with Gasteiger partial charge < -0.3 is 19.8 Å². The predicted octanol–water partition coefficient (Wildman–Crippen LogP) is 1.58. The number of amides is 2. The summed E-state index contributed by atoms with van der Waals surface area (Å²) in [7, 11) is 0. The predicted molar refractivity (Wildman–Crippen MR) is 87.6 cm³/mol. The minimum Gasteiger partial charge on any atom is -0.448 e. The van der Waals surface area contributed by atoms with Gasteiger partial charge in [0.15, 0.2) is 17.8 Å². The van der Waals surface area contributed by atoms with Gasteiger partial charge in [-0.25, -0.2) is 0 Å². The maximum atomic E-state index is 12.4. The van der Waals surface area contributed by atoms with Gasteiger partial charge in [0.25, 0.3) is 5.91 Å². The molecule has 0 aromatic carbocycles. The molecule has 2 N–H and O–H groups in total. The van der Waals surface area contributed by atoms with Crippen LogP contribution in [0.2, 0.25) is 0 Å². The van der Waals surface area contributed by atoms with Gasteiger partial charge in [0.2, 0.25) is 5.91 Å². The van der Waals surface area contributed by atoms with Crippen molar-refractivity contribution in [3.8, 4) is 0 Å². The Morgan fingerprint density at radius 3 is 2.25 bits per heavy atom. The Kier molecular flexibility index (Phi) is 7.35. The normalized spacial score (nSPS) is 13.4. The molecule has 0 saturated heterocycles. The molecule has 1 aromatic rings. The van der Waals surface area contributed by atoms with Crippen LogP contribution in [0.5, 0.6) is 0 Å². The molecule has 7 heteroatoms. The van der Waals surface area contributed by atoms with Crippen molar-refractivity contribution in [3.63, 3.8) is 0 Å². The lowest BCUT2D eigenvalue weighted by Gasteiger charge is -2.23. The molecule has 132 valence electrons. The summed E-state index contributed by atoms with van der Waals surface area (Å²) in [5, 5.41) is 5.22. The Morgan fingerprint density at radius 1 is 1.12 bits per heavy atom. The first-order valence-electron chi connectivity index (χ1n) is 7.90. The van der Waals surface area contributed by atoms with Gasteiger partial charge in [-0.15, -0.1) is 0 Å². The molecule has 1 heterocycles. The molecule has 0 bridgehead atoms. The summed E-state index contributed by atoms with van der Waals surface area (Å²) in [6.45, 7) is 7.46. The van der Waals surface area contributed by atoms with E-state index in [9.17, 15) is 19.2 Å². The van der Waals surface area contributed by atoms with Crippen molar-refractivity contribution in [2.24, 2.45) is 11.8 Å². The number of aldehydes is 2. The van der Waals surface area contributed by atoms with E-state index in [1.54, 1.807) is 13.8 Å². The van der Waals surface area contributed by atoms with Crippen LogP contribution in [0.25, 0.3) is 0 Å². The van der Waals surface area contributed by atoms with E-state index >= 15 is 0 Å². The van der Waals surface area contributed by atoms with Gasteiger partial charge in [0.05, 0.1) is 6.04 Å². The lowest BCUT2D eigenvalue weighted by Crippen LogP contribution is -2.52. The fourth-order valence-corrected chi connectivity index (χ4v) is 2.21. The second kappa shape index (κ2) is 9.00.